The summed E-state index contributed by atoms with van der Waals surface area (Å²) in [6.45, 7) is 0.363. The predicted molar refractivity (Wildman–Crippen MR) is 134 cm³/mol. The van der Waals surface area contributed by atoms with Crippen molar-refractivity contribution in [3.8, 4) is 0 Å². The van der Waals surface area contributed by atoms with Gasteiger partial charge in [-0.05, 0) is 35.4 Å². The summed E-state index contributed by atoms with van der Waals surface area (Å²) in [5.74, 6) is -2.21. The summed E-state index contributed by atoms with van der Waals surface area (Å²) in [5.41, 5.74) is 2.43. The van der Waals surface area contributed by atoms with Crippen LogP contribution in [0, 0.1) is 0 Å². The van der Waals surface area contributed by atoms with Gasteiger partial charge < -0.3 is 26.0 Å². The number of hydrogen-bond donors (Lipinski definition) is 4. The lowest BCUT2D eigenvalue weighted by Gasteiger charge is -2.20. The lowest BCUT2D eigenvalue weighted by Crippen LogP contribution is -2.36. The molecule has 1 atom stereocenters. The maximum Gasteiger partial charge on any atom is 0.319 e. The van der Waals surface area contributed by atoms with Crippen LogP contribution in [0.15, 0.2) is 79.1 Å². The number of carboxylic acids is 1. The molecule has 1 unspecified atom stereocenters. The quantitative estimate of drug-likeness (QED) is 0.323. The van der Waals surface area contributed by atoms with Crippen molar-refractivity contribution in [3.63, 3.8) is 0 Å². The van der Waals surface area contributed by atoms with E-state index >= 15 is 0 Å². The number of urea groups is 1. The zero-order chi connectivity index (χ0) is 25.9. The number of nitrogens with one attached hydrogen (secondary N) is 3. The smallest absolute Gasteiger partial charge is 0.319 e. The van der Waals surface area contributed by atoms with Gasteiger partial charge in [-0.15, -0.1) is 0 Å². The number of benzene rings is 2. The number of pyridine rings is 1. The topological polar surface area (TPSA) is 141 Å². The molecule has 0 radical (unpaired) electrons. The second-order valence-electron chi connectivity index (χ2n) is 7.98. The Morgan fingerprint density at radius 1 is 1.00 bits per heavy atom. The molecule has 3 aromatic rings. The van der Waals surface area contributed by atoms with Crippen LogP contribution in [0.25, 0.3) is 0 Å². The molecule has 36 heavy (non-hydrogen) atoms. The van der Waals surface area contributed by atoms with Gasteiger partial charge in [0.25, 0.3) is 0 Å². The second-order valence-corrected chi connectivity index (χ2v) is 7.98. The van der Waals surface area contributed by atoms with Gasteiger partial charge in [-0.3, -0.25) is 19.4 Å². The van der Waals surface area contributed by atoms with E-state index in [1.807, 2.05) is 30.3 Å². The molecule has 0 bridgehead atoms. The first-order valence-electron chi connectivity index (χ1n) is 11.2. The lowest BCUT2D eigenvalue weighted by atomic mass is 10.1. The summed E-state index contributed by atoms with van der Waals surface area (Å²) < 4.78 is 0. The molecule has 4 N–H and O–H groups in total. The molecule has 186 valence electrons. The minimum absolute atomic E-state index is 0.346. The molecule has 1 heterocycles. The van der Waals surface area contributed by atoms with E-state index in [4.69, 9.17) is 0 Å². The first kappa shape index (κ1) is 25.9. The fourth-order valence-corrected chi connectivity index (χ4v) is 3.40. The van der Waals surface area contributed by atoms with E-state index in [0.717, 1.165) is 5.56 Å². The van der Waals surface area contributed by atoms with Crippen LogP contribution in [0.4, 0.5) is 16.2 Å². The van der Waals surface area contributed by atoms with E-state index in [2.05, 4.69) is 20.9 Å². The maximum absolute atomic E-state index is 12.7. The number of carbonyl (C=O) groups is 4. The first-order valence-corrected chi connectivity index (χ1v) is 11.2. The molecule has 4 amide bonds. The second kappa shape index (κ2) is 12.7. The van der Waals surface area contributed by atoms with E-state index in [-0.39, 0.29) is 6.42 Å². The van der Waals surface area contributed by atoms with Crippen LogP contribution in [0.2, 0.25) is 0 Å². The zero-order valence-electron chi connectivity index (χ0n) is 19.7. The molecule has 10 nitrogen and oxygen atoms in total. The Morgan fingerprint density at radius 3 is 2.47 bits per heavy atom. The fourth-order valence-electron chi connectivity index (χ4n) is 3.40. The molecule has 10 heteroatoms. The molecule has 0 aliphatic carbocycles. The third kappa shape index (κ3) is 7.94. The van der Waals surface area contributed by atoms with Gasteiger partial charge in [0, 0.05) is 37.4 Å². The van der Waals surface area contributed by atoms with Gasteiger partial charge >= 0.3 is 12.0 Å². The van der Waals surface area contributed by atoms with Crippen LogP contribution in [-0.2, 0) is 20.9 Å². The van der Waals surface area contributed by atoms with Crippen molar-refractivity contribution in [1.82, 2.24) is 15.6 Å². The molecule has 0 aliphatic heterocycles. The molecular formula is C26H27N5O5. The number of amides is 4. The molecule has 0 saturated heterocycles. The van der Waals surface area contributed by atoms with E-state index in [9.17, 15) is 24.3 Å². The Labute approximate surface area is 208 Å². The molecule has 0 aliphatic rings. The van der Waals surface area contributed by atoms with Gasteiger partial charge in [-0.2, -0.15) is 0 Å². The predicted octanol–water partition coefficient (Wildman–Crippen LogP) is 3.09. The minimum atomic E-state index is -1.09. The Bertz CT molecular complexity index is 1200. The normalized spacial score (nSPS) is 11.1. The summed E-state index contributed by atoms with van der Waals surface area (Å²) in [5, 5.41) is 17.3. The summed E-state index contributed by atoms with van der Waals surface area (Å²) in [6, 6.07) is 18.2. The highest BCUT2D eigenvalue weighted by atomic mass is 16.4. The zero-order valence-corrected chi connectivity index (χ0v) is 19.7. The average Bonchev–Trinajstić information content (AvgIpc) is 2.87. The van der Waals surface area contributed by atoms with Gasteiger partial charge in [-0.1, -0.05) is 42.5 Å². The van der Waals surface area contributed by atoms with Crippen LogP contribution in [-0.4, -0.2) is 41.0 Å². The van der Waals surface area contributed by atoms with E-state index in [0.29, 0.717) is 23.5 Å². The van der Waals surface area contributed by atoms with Crippen molar-refractivity contribution >= 4 is 35.2 Å². The largest absolute Gasteiger partial charge is 0.481 e. The molecular weight excluding hydrogens is 462 g/mol. The lowest BCUT2D eigenvalue weighted by molar-refractivity contribution is -0.137. The van der Waals surface area contributed by atoms with E-state index < -0.39 is 36.3 Å². The summed E-state index contributed by atoms with van der Waals surface area (Å²) in [4.78, 5) is 53.9. The van der Waals surface area contributed by atoms with Crippen LogP contribution in [0.3, 0.4) is 0 Å². The van der Waals surface area contributed by atoms with Crippen LogP contribution < -0.4 is 20.9 Å². The molecule has 3 rings (SSSR count). The fraction of sp³-hybridized carbons (Fsp3) is 0.192. The SMILES string of the molecule is CN(C(=O)CC(=O)NC(CC(=O)O)c1cccnc1)c1cccc(NC(=O)NCc2ccccc2)c1. The van der Waals surface area contributed by atoms with Crippen molar-refractivity contribution < 1.29 is 24.3 Å². The number of carboxylic acid groups (broad SMARTS) is 1. The Hall–Kier alpha value is -4.73. The summed E-state index contributed by atoms with van der Waals surface area (Å²) in [6.07, 6.45) is 2.18. The number of aliphatic carboxylic acids is 1. The standard InChI is InChI=1S/C26H27N5O5/c1-31(24(33)15-23(32)30-22(14-25(34)35)19-9-6-12-27-17-19)21-11-5-10-20(13-21)29-26(36)28-16-18-7-3-2-4-8-18/h2-13,17,22H,14-16H2,1H3,(H,30,32)(H,34,35)(H2,28,29,36). The van der Waals surface area contributed by atoms with E-state index in [1.165, 1.54) is 24.3 Å². The molecule has 0 fully saturated rings. The number of rotatable bonds is 10. The molecule has 1 aromatic heterocycles. The molecule has 0 saturated carbocycles. The molecule has 2 aromatic carbocycles. The van der Waals surface area contributed by atoms with Gasteiger partial charge in [0.2, 0.25) is 11.8 Å². The Morgan fingerprint density at radius 2 is 1.78 bits per heavy atom. The first-order chi connectivity index (χ1) is 17.3. The Balaban J connectivity index is 1.56. The maximum atomic E-state index is 12.7. The van der Waals surface area contributed by atoms with Crippen molar-refractivity contribution in [2.75, 3.05) is 17.3 Å². The number of aromatic nitrogens is 1. The van der Waals surface area contributed by atoms with E-state index in [1.54, 1.807) is 36.4 Å². The minimum Gasteiger partial charge on any atom is -0.481 e. The summed E-state index contributed by atoms with van der Waals surface area (Å²) in [7, 11) is 1.51. The number of hydrogen-bond acceptors (Lipinski definition) is 5. The van der Waals surface area contributed by atoms with Crippen molar-refractivity contribution in [2.24, 2.45) is 0 Å². The third-order valence-corrected chi connectivity index (χ3v) is 5.27. The van der Waals surface area contributed by atoms with Gasteiger partial charge in [0.1, 0.15) is 6.42 Å². The number of anilines is 2. The molecule has 0 spiro atoms. The number of nitrogens with zero attached hydrogens (tertiary/aromatic N) is 2. The highest BCUT2D eigenvalue weighted by Gasteiger charge is 2.21. The Kier molecular flexibility index (Phi) is 9.10. The van der Waals surface area contributed by atoms with Crippen molar-refractivity contribution in [3.05, 3.63) is 90.3 Å². The third-order valence-electron chi connectivity index (χ3n) is 5.27. The highest BCUT2D eigenvalue weighted by Crippen LogP contribution is 2.20. The van der Waals surface area contributed by atoms with Gasteiger partial charge in [-0.25, -0.2) is 4.79 Å². The number of carbonyl (C=O) groups excluding carboxylic acids is 3. The summed E-state index contributed by atoms with van der Waals surface area (Å²) >= 11 is 0. The van der Waals surface area contributed by atoms with Gasteiger partial charge in [0.15, 0.2) is 0 Å². The van der Waals surface area contributed by atoms with Crippen LogP contribution >= 0.6 is 0 Å². The highest BCUT2D eigenvalue weighted by molar-refractivity contribution is 6.05. The van der Waals surface area contributed by atoms with Crippen LogP contribution in [0.5, 0.6) is 0 Å². The van der Waals surface area contributed by atoms with Crippen LogP contribution in [0.1, 0.15) is 30.0 Å². The van der Waals surface area contributed by atoms with Crippen molar-refractivity contribution in [2.45, 2.75) is 25.4 Å². The van der Waals surface area contributed by atoms with Crippen molar-refractivity contribution in [1.29, 1.82) is 0 Å². The monoisotopic (exact) mass is 489 g/mol. The van der Waals surface area contributed by atoms with Gasteiger partial charge in [0.05, 0.1) is 12.5 Å². The average molecular weight is 490 g/mol.